The zero-order chi connectivity index (χ0) is 28.2. The smallest absolute Gasteiger partial charge is 0.330 e. The minimum absolute atomic E-state index is 0.0538. The lowest BCUT2D eigenvalue weighted by molar-refractivity contribution is -0.311. The van der Waals surface area contributed by atoms with E-state index in [9.17, 15) is 43.3 Å². The molecule has 1 aliphatic heterocycles. The van der Waals surface area contributed by atoms with Crippen LogP contribution in [0.5, 0.6) is 0 Å². The molecule has 2 heterocycles. The standard InChI is InChI=1S/C21H25F8N3O2P2S/c1-4-37(33,34)12(2)7-14(13-5-6-13)9-30-11-17-31-10-15(32(17)3)16(35)8-18(22)19(23,24)20(25,36(18)29)21(26,27)28/h7,9-11,13,16H,4-6,8,35H2,1-3H3/b12-7+,14-9+,30-11+. The van der Waals surface area contributed by atoms with Crippen molar-refractivity contribution >= 4 is 33.5 Å². The molecular formula is C21H25F8N3O2P2S. The average molecular weight is 597 g/mol. The van der Waals surface area contributed by atoms with Gasteiger partial charge in [0.1, 0.15) is 0 Å². The van der Waals surface area contributed by atoms with Crippen LogP contribution < -0.4 is 0 Å². The summed E-state index contributed by atoms with van der Waals surface area (Å²) in [5, 5.41) is -9.87. The first kappa shape index (κ1) is 30.2. The molecule has 1 aromatic rings. The lowest BCUT2D eigenvalue weighted by Crippen LogP contribution is -2.73. The number of aliphatic imine (C=N–C) groups is 1. The van der Waals surface area contributed by atoms with Crippen molar-refractivity contribution in [3.05, 3.63) is 40.5 Å². The maximum absolute atomic E-state index is 14.8. The van der Waals surface area contributed by atoms with Crippen molar-refractivity contribution in [1.29, 1.82) is 0 Å². The Morgan fingerprint density at radius 3 is 2.41 bits per heavy atom. The van der Waals surface area contributed by atoms with Gasteiger partial charge in [0.05, 0.1) is 12.0 Å². The van der Waals surface area contributed by atoms with E-state index in [1.807, 2.05) is 9.24 Å². The second kappa shape index (κ2) is 9.97. The molecule has 0 radical (unpaired) electrons. The molecule has 5 nitrogen and oxygen atoms in total. The van der Waals surface area contributed by atoms with Crippen molar-refractivity contribution in [2.75, 3.05) is 5.75 Å². The Hall–Kier alpha value is -1.39. The van der Waals surface area contributed by atoms with Crippen LogP contribution in [0.15, 0.2) is 33.9 Å². The molecule has 5 atom stereocenters. The van der Waals surface area contributed by atoms with Gasteiger partial charge in [0.2, 0.25) is 5.41 Å². The summed E-state index contributed by atoms with van der Waals surface area (Å²) in [5.41, 5.74) is -0.579. The predicted octanol–water partition coefficient (Wildman–Crippen LogP) is 6.69. The van der Waals surface area contributed by atoms with Crippen molar-refractivity contribution in [2.24, 2.45) is 18.0 Å². The topological polar surface area (TPSA) is 64.3 Å². The highest BCUT2D eigenvalue weighted by Gasteiger charge is 2.96. The van der Waals surface area contributed by atoms with E-state index in [0.717, 1.165) is 19.0 Å². The molecule has 16 heteroatoms. The van der Waals surface area contributed by atoms with Gasteiger partial charge in [-0.15, -0.1) is 9.24 Å². The fourth-order valence-electron chi connectivity index (χ4n) is 3.91. The Kier molecular flexibility index (Phi) is 8.13. The van der Waals surface area contributed by atoms with Gasteiger partial charge in [0.15, 0.2) is 23.9 Å². The molecule has 5 unspecified atom stereocenters. The van der Waals surface area contributed by atoms with Gasteiger partial charge in [-0.05, 0) is 37.3 Å². The summed E-state index contributed by atoms with van der Waals surface area (Å²) in [5.74, 6) is -5.35. The van der Waals surface area contributed by atoms with Gasteiger partial charge in [0.25, 0.3) is 0 Å². The van der Waals surface area contributed by atoms with Crippen molar-refractivity contribution in [3.63, 3.8) is 0 Å². The highest BCUT2D eigenvalue weighted by atomic mass is 32.2. The van der Waals surface area contributed by atoms with Crippen molar-refractivity contribution in [3.8, 4) is 0 Å². The van der Waals surface area contributed by atoms with Crippen LogP contribution in [0.2, 0.25) is 0 Å². The van der Waals surface area contributed by atoms with E-state index >= 15 is 0 Å². The Morgan fingerprint density at radius 1 is 1.32 bits per heavy atom. The second-order valence-corrected chi connectivity index (χ2v) is 14.1. The van der Waals surface area contributed by atoms with E-state index < -0.39 is 53.1 Å². The Bertz CT molecular complexity index is 1240. The van der Waals surface area contributed by atoms with Crippen molar-refractivity contribution in [2.45, 2.75) is 61.7 Å². The van der Waals surface area contributed by atoms with Crippen LogP contribution in [-0.2, 0) is 16.9 Å². The van der Waals surface area contributed by atoms with E-state index in [2.05, 4.69) is 9.98 Å². The second-order valence-electron chi connectivity index (χ2n) is 8.99. The zero-order valence-corrected chi connectivity index (χ0v) is 22.8. The summed E-state index contributed by atoms with van der Waals surface area (Å²) < 4.78 is 135. The molecule has 1 saturated carbocycles. The fourth-order valence-corrected chi connectivity index (χ4v) is 7.24. The monoisotopic (exact) mass is 597 g/mol. The van der Waals surface area contributed by atoms with Gasteiger partial charge in [-0.1, -0.05) is 6.92 Å². The van der Waals surface area contributed by atoms with E-state index in [-0.39, 0.29) is 28.1 Å². The average Bonchev–Trinajstić information content (AvgIpc) is 3.59. The summed E-state index contributed by atoms with van der Waals surface area (Å²) in [6.45, 7) is 3.01. The molecule has 0 aromatic carbocycles. The van der Waals surface area contributed by atoms with Crippen LogP contribution in [0.1, 0.15) is 50.3 Å². The maximum Gasteiger partial charge on any atom is 0.435 e. The van der Waals surface area contributed by atoms with Crippen LogP contribution in [0.4, 0.5) is 34.9 Å². The molecule has 208 valence electrons. The van der Waals surface area contributed by atoms with Gasteiger partial charge < -0.3 is 4.57 Å². The fraction of sp³-hybridized carbons (Fsp3) is 0.619. The molecule has 37 heavy (non-hydrogen) atoms. The van der Waals surface area contributed by atoms with Gasteiger partial charge in [0, 0.05) is 42.1 Å². The van der Waals surface area contributed by atoms with E-state index in [1.165, 1.54) is 44.0 Å². The number of allylic oxidation sites excluding steroid dienone is 3. The maximum atomic E-state index is 14.8. The largest absolute Gasteiger partial charge is 0.435 e. The minimum Gasteiger partial charge on any atom is -0.330 e. The predicted molar refractivity (Wildman–Crippen MR) is 129 cm³/mol. The summed E-state index contributed by atoms with van der Waals surface area (Å²) in [6, 6.07) is 0. The molecule has 0 bridgehead atoms. The molecular weight excluding hydrogens is 572 g/mol. The SMILES string of the molecule is CCS(=O)(=O)/C(C)=C/C(=C\N=C\c1ncc(C(P)CC2(F)P(F)C(F)(C(F)(F)F)C2(F)F)n1C)C1CC1. The summed E-state index contributed by atoms with van der Waals surface area (Å²) in [6.07, 6.45) is -0.570. The number of nitrogens with zero attached hydrogens (tertiary/aromatic N) is 3. The molecule has 0 N–H and O–H groups in total. The normalized spacial score (nSPS) is 30.0. The number of hydrogen-bond donors (Lipinski definition) is 0. The molecule has 3 rings (SSSR count). The number of imidazole rings is 1. The first-order valence-corrected chi connectivity index (χ1v) is 14.6. The van der Waals surface area contributed by atoms with E-state index in [4.69, 9.17) is 0 Å². The summed E-state index contributed by atoms with van der Waals surface area (Å²) in [4.78, 5) is 8.34. The molecule has 2 fully saturated rings. The highest BCUT2D eigenvalue weighted by molar-refractivity contribution is 7.95. The zero-order valence-electron chi connectivity index (χ0n) is 19.9. The first-order valence-electron chi connectivity index (χ1n) is 11.0. The number of halogens is 8. The number of alkyl halides is 7. The minimum atomic E-state index is -6.26. The molecule has 0 spiro atoms. The number of aromatic nitrogens is 2. The van der Waals surface area contributed by atoms with Crippen molar-refractivity contribution in [1.82, 2.24) is 9.55 Å². The third kappa shape index (κ3) is 5.02. The number of rotatable bonds is 9. The third-order valence-corrected chi connectivity index (χ3v) is 11.1. The summed E-state index contributed by atoms with van der Waals surface area (Å²) >= 11 is 0. The third-order valence-electron chi connectivity index (χ3n) is 6.49. The van der Waals surface area contributed by atoms with Gasteiger partial charge in [-0.3, -0.25) is 4.99 Å². The number of sulfone groups is 1. The first-order chi connectivity index (χ1) is 16.8. The quantitative estimate of drug-likeness (QED) is 0.138. The van der Waals surface area contributed by atoms with Gasteiger partial charge in [-0.25, -0.2) is 26.4 Å². The molecule has 1 saturated heterocycles. The van der Waals surface area contributed by atoms with Crippen LogP contribution in [-0.4, -0.2) is 52.9 Å². The van der Waals surface area contributed by atoms with Crippen LogP contribution >= 0.6 is 17.5 Å². The molecule has 2 aliphatic rings. The lowest BCUT2D eigenvalue weighted by atomic mass is 9.99. The Labute approximate surface area is 212 Å². The van der Waals surface area contributed by atoms with Gasteiger partial charge >= 0.3 is 17.5 Å². The van der Waals surface area contributed by atoms with E-state index in [1.54, 1.807) is 0 Å². The Morgan fingerprint density at radius 2 is 1.92 bits per heavy atom. The molecule has 1 aromatic heterocycles. The van der Waals surface area contributed by atoms with Crippen LogP contribution in [0.25, 0.3) is 0 Å². The summed E-state index contributed by atoms with van der Waals surface area (Å²) in [7, 11) is -4.91. The van der Waals surface area contributed by atoms with Crippen LogP contribution in [0, 0.1) is 5.92 Å². The van der Waals surface area contributed by atoms with Crippen LogP contribution in [0.3, 0.4) is 0 Å². The lowest BCUT2D eigenvalue weighted by Gasteiger charge is -2.55. The van der Waals surface area contributed by atoms with Crippen molar-refractivity contribution < 1.29 is 43.3 Å². The molecule has 1 aliphatic carbocycles. The van der Waals surface area contributed by atoms with E-state index in [0.29, 0.717) is 5.57 Å². The number of hydrogen-bond acceptors (Lipinski definition) is 4. The molecule has 0 amide bonds. The van der Waals surface area contributed by atoms with Gasteiger partial charge in [-0.2, -0.15) is 22.0 Å². The highest BCUT2D eigenvalue weighted by Crippen LogP contribution is 2.87. The Balaban J connectivity index is 1.79.